The van der Waals surface area contributed by atoms with Gasteiger partial charge in [0.05, 0.1) is 17.6 Å². The molecule has 27 heavy (non-hydrogen) atoms. The molecule has 0 aliphatic rings. The maximum atomic E-state index is 12.3. The SMILES string of the molecule is Cc1ncc(-c2ccc(NC(=O)C=Cc3c(C)nc4sc(C)cn34)cc2)o1. The summed E-state index contributed by atoms with van der Waals surface area (Å²) in [7, 11) is 0. The number of hydrogen-bond acceptors (Lipinski definition) is 5. The molecule has 3 heterocycles. The molecule has 4 aromatic rings. The van der Waals surface area contributed by atoms with Gasteiger partial charge in [0, 0.05) is 35.3 Å². The van der Waals surface area contributed by atoms with E-state index in [2.05, 4.69) is 15.3 Å². The molecule has 0 aliphatic heterocycles. The molecule has 3 aromatic heterocycles. The van der Waals surface area contributed by atoms with Crippen LogP contribution in [0.3, 0.4) is 0 Å². The molecule has 136 valence electrons. The Hall–Kier alpha value is -3.19. The summed E-state index contributed by atoms with van der Waals surface area (Å²) in [6.45, 7) is 5.78. The number of imidazole rings is 1. The molecule has 0 atom stereocenters. The van der Waals surface area contributed by atoms with E-state index in [1.807, 2.05) is 48.7 Å². The van der Waals surface area contributed by atoms with E-state index in [4.69, 9.17) is 4.42 Å². The first-order chi connectivity index (χ1) is 13.0. The van der Waals surface area contributed by atoms with E-state index in [0.717, 1.165) is 21.9 Å². The number of carbonyl (C=O) groups is 1. The van der Waals surface area contributed by atoms with E-state index in [1.54, 1.807) is 30.5 Å². The van der Waals surface area contributed by atoms with Crippen LogP contribution < -0.4 is 5.32 Å². The van der Waals surface area contributed by atoms with E-state index < -0.39 is 0 Å². The maximum Gasteiger partial charge on any atom is 0.248 e. The molecule has 0 bridgehead atoms. The minimum atomic E-state index is -0.195. The lowest BCUT2D eigenvalue weighted by molar-refractivity contribution is -0.111. The lowest BCUT2D eigenvalue weighted by Crippen LogP contribution is -2.07. The third kappa shape index (κ3) is 3.54. The van der Waals surface area contributed by atoms with Gasteiger partial charge in [-0.25, -0.2) is 9.97 Å². The first-order valence-electron chi connectivity index (χ1n) is 8.46. The van der Waals surface area contributed by atoms with Crippen LogP contribution in [-0.4, -0.2) is 20.3 Å². The zero-order chi connectivity index (χ0) is 19.0. The van der Waals surface area contributed by atoms with Crippen LogP contribution in [0.15, 0.2) is 47.2 Å². The zero-order valence-electron chi connectivity index (χ0n) is 15.2. The van der Waals surface area contributed by atoms with Crippen molar-refractivity contribution in [3.63, 3.8) is 0 Å². The Kier molecular flexibility index (Phi) is 4.37. The van der Waals surface area contributed by atoms with E-state index >= 15 is 0 Å². The minimum Gasteiger partial charge on any atom is -0.441 e. The van der Waals surface area contributed by atoms with E-state index in [-0.39, 0.29) is 5.91 Å². The van der Waals surface area contributed by atoms with Gasteiger partial charge in [0.25, 0.3) is 0 Å². The highest BCUT2D eigenvalue weighted by atomic mass is 32.1. The van der Waals surface area contributed by atoms with Crippen molar-refractivity contribution in [3.8, 4) is 11.3 Å². The Labute approximate surface area is 160 Å². The van der Waals surface area contributed by atoms with Crippen LogP contribution >= 0.6 is 11.3 Å². The number of benzene rings is 1. The highest BCUT2D eigenvalue weighted by molar-refractivity contribution is 7.17. The van der Waals surface area contributed by atoms with Crippen molar-refractivity contribution >= 4 is 34.0 Å². The van der Waals surface area contributed by atoms with E-state index in [0.29, 0.717) is 17.3 Å². The van der Waals surface area contributed by atoms with Gasteiger partial charge in [0.1, 0.15) is 0 Å². The van der Waals surface area contributed by atoms with Crippen LogP contribution in [-0.2, 0) is 4.79 Å². The molecule has 1 amide bonds. The van der Waals surface area contributed by atoms with Crippen LogP contribution in [0.5, 0.6) is 0 Å². The summed E-state index contributed by atoms with van der Waals surface area (Å²) in [5.74, 6) is 1.13. The zero-order valence-corrected chi connectivity index (χ0v) is 16.0. The number of carbonyl (C=O) groups excluding carboxylic acids is 1. The molecule has 0 unspecified atom stereocenters. The topological polar surface area (TPSA) is 72.4 Å². The van der Waals surface area contributed by atoms with Crippen LogP contribution in [0.2, 0.25) is 0 Å². The molecule has 1 aromatic carbocycles. The number of nitrogens with one attached hydrogen (secondary N) is 1. The average molecular weight is 378 g/mol. The van der Waals surface area contributed by atoms with E-state index in [9.17, 15) is 4.79 Å². The van der Waals surface area contributed by atoms with Crippen molar-refractivity contribution in [1.29, 1.82) is 0 Å². The summed E-state index contributed by atoms with van der Waals surface area (Å²) in [5.41, 5.74) is 3.44. The van der Waals surface area contributed by atoms with E-state index in [1.165, 1.54) is 11.0 Å². The first-order valence-corrected chi connectivity index (χ1v) is 9.28. The second-order valence-corrected chi connectivity index (χ2v) is 7.43. The number of hydrogen-bond donors (Lipinski definition) is 1. The minimum absolute atomic E-state index is 0.195. The molecule has 0 spiro atoms. The van der Waals surface area contributed by atoms with Crippen LogP contribution in [0, 0.1) is 20.8 Å². The molecule has 0 fully saturated rings. The number of fused-ring (bicyclic) bond motifs is 1. The average Bonchev–Trinajstić information content (AvgIpc) is 3.28. The Balaban J connectivity index is 1.47. The number of oxazole rings is 1. The molecular formula is C20H18N4O2S. The fourth-order valence-corrected chi connectivity index (χ4v) is 3.71. The predicted molar refractivity (Wildman–Crippen MR) is 107 cm³/mol. The van der Waals surface area contributed by atoms with Crippen LogP contribution in [0.25, 0.3) is 22.4 Å². The summed E-state index contributed by atoms with van der Waals surface area (Å²) in [6, 6.07) is 7.45. The van der Waals surface area contributed by atoms with Gasteiger partial charge in [-0.05, 0) is 44.2 Å². The molecule has 0 radical (unpaired) electrons. The van der Waals surface area contributed by atoms with Gasteiger partial charge in [0.15, 0.2) is 16.6 Å². The molecule has 6 nitrogen and oxygen atoms in total. The number of anilines is 1. The smallest absolute Gasteiger partial charge is 0.248 e. The van der Waals surface area contributed by atoms with Gasteiger partial charge in [-0.3, -0.25) is 9.20 Å². The normalized spacial score (nSPS) is 11.5. The summed E-state index contributed by atoms with van der Waals surface area (Å²) in [4.78, 5) is 23.0. The van der Waals surface area contributed by atoms with Gasteiger partial charge in [-0.2, -0.15) is 0 Å². The summed E-state index contributed by atoms with van der Waals surface area (Å²) in [6.07, 6.45) is 7.04. The second kappa shape index (κ2) is 6.85. The highest BCUT2D eigenvalue weighted by Gasteiger charge is 2.09. The standard InChI is InChI=1S/C20H18N4O2S/c1-12-11-24-17(13(2)22-20(24)27-12)8-9-19(25)23-16-6-4-15(5-7-16)18-10-21-14(3)26-18/h4-11H,1-3H3,(H,23,25). The third-order valence-corrected chi connectivity index (χ3v) is 5.01. The lowest BCUT2D eigenvalue weighted by Gasteiger charge is -2.03. The largest absolute Gasteiger partial charge is 0.441 e. The van der Waals surface area contributed by atoms with Crippen molar-refractivity contribution in [3.05, 3.63) is 64.9 Å². The summed E-state index contributed by atoms with van der Waals surface area (Å²) >= 11 is 1.63. The molecular weight excluding hydrogens is 360 g/mol. The molecule has 0 saturated carbocycles. The number of aryl methyl sites for hydroxylation is 3. The number of aromatic nitrogens is 3. The fraction of sp³-hybridized carbons (Fsp3) is 0.150. The lowest BCUT2D eigenvalue weighted by atomic mass is 10.1. The van der Waals surface area contributed by atoms with Crippen LogP contribution in [0.1, 0.15) is 22.2 Å². The summed E-state index contributed by atoms with van der Waals surface area (Å²) < 4.78 is 7.51. The monoisotopic (exact) mass is 378 g/mol. The van der Waals surface area contributed by atoms with Crippen molar-refractivity contribution in [2.24, 2.45) is 0 Å². The van der Waals surface area contributed by atoms with Crippen molar-refractivity contribution in [2.75, 3.05) is 5.32 Å². The Morgan fingerprint density at radius 1 is 1.22 bits per heavy atom. The van der Waals surface area contributed by atoms with Crippen LogP contribution in [0.4, 0.5) is 5.69 Å². The molecule has 0 aliphatic carbocycles. The van der Waals surface area contributed by atoms with Crippen molar-refractivity contribution < 1.29 is 9.21 Å². The maximum absolute atomic E-state index is 12.3. The summed E-state index contributed by atoms with van der Waals surface area (Å²) in [5, 5.41) is 2.86. The molecule has 4 rings (SSSR count). The van der Waals surface area contributed by atoms with Gasteiger partial charge >= 0.3 is 0 Å². The van der Waals surface area contributed by atoms with Gasteiger partial charge in [0.2, 0.25) is 5.91 Å². The quantitative estimate of drug-likeness (QED) is 0.526. The number of nitrogens with zero attached hydrogens (tertiary/aromatic N) is 3. The first kappa shape index (κ1) is 17.2. The predicted octanol–water partition coefficient (Wildman–Crippen LogP) is 4.63. The molecule has 7 heteroatoms. The number of rotatable bonds is 4. The third-order valence-electron chi connectivity index (χ3n) is 4.11. The Bertz CT molecular complexity index is 1150. The highest BCUT2D eigenvalue weighted by Crippen LogP contribution is 2.23. The van der Waals surface area contributed by atoms with Gasteiger partial charge in [-0.1, -0.05) is 0 Å². The van der Waals surface area contributed by atoms with Gasteiger partial charge < -0.3 is 9.73 Å². The number of amides is 1. The van der Waals surface area contributed by atoms with Crippen molar-refractivity contribution in [2.45, 2.75) is 20.8 Å². The second-order valence-electron chi connectivity index (χ2n) is 6.22. The number of thiazole rings is 1. The van der Waals surface area contributed by atoms with Gasteiger partial charge in [-0.15, -0.1) is 11.3 Å². The molecule has 1 N–H and O–H groups in total. The Morgan fingerprint density at radius 3 is 2.70 bits per heavy atom. The Morgan fingerprint density at radius 2 is 2.00 bits per heavy atom. The molecule has 0 saturated heterocycles. The fourth-order valence-electron chi connectivity index (χ4n) is 2.83. The van der Waals surface area contributed by atoms with Crippen molar-refractivity contribution in [1.82, 2.24) is 14.4 Å².